The minimum Gasteiger partial charge on any atom is -0.397 e. The maximum Gasteiger partial charge on any atom is 0.141 e. The van der Waals surface area contributed by atoms with Crippen molar-refractivity contribution in [1.29, 1.82) is 0 Å². The number of nitrogens with two attached hydrogens (primary N) is 1. The fourth-order valence-electron chi connectivity index (χ4n) is 2.41. The number of para-hydroxylation sites is 1. The van der Waals surface area contributed by atoms with Crippen molar-refractivity contribution < 1.29 is 0 Å². The van der Waals surface area contributed by atoms with E-state index in [2.05, 4.69) is 42.3 Å². The zero-order valence-electron chi connectivity index (χ0n) is 11.5. The molecule has 0 aliphatic rings. The summed E-state index contributed by atoms with van der Waals surface area (Å²) in [6.07, 6.45) is 1.88. The summed E-state index contributed by atoms with van der Waals surface area (Å²) in [5.41, 5.74) is 11.0. The largest absolute Gasteiger partial charge is 0.397 e. The van der Waals surface area contributed by atoms with Gasteiger partial charge in [0.05, 0.1) is 11.2 Å². The topological polar surface area (TPSA) is 43.8 Å². The summed E-state index contributed by atoms with van der Waals surface area (Å²) < 4.78 is 2.14. The molecule has 0 saturated carbocycles. The lowest BCUT2D eigenvalue weighted by molar-refractivity contribution is 0.862. The molecule has 0 fully saturated rings. The molecule has 0 amide bonds. The van der Waals surface area contributed by atoms with Gasteiger partial charge in [-0.15, -0.1) is 6.58 Å². The normalized spacial score (nSPS) is 10.8. The molecule has 3 nitrogen and oxygen atoms in total. The maximum absolute atomic E-state index is 6.04. The zero-order chi connectivity index (χ0) is 14.1. The van der Waals surface area contributed by atoms with Gasteiger partial charge in [0.25, 0.3) is 0 Å². The fraction of sp³-hybridized carbons (Fsp3) is 0.118. The number of rotatable bonds is 3. The smallest absolute Gasteiger partial charge is 0.141 e. The van der Waals surface area contributed by atoms with E-state index in [1.807, 2.05) is 24.3 Å². The third-order valence-electron chi connectivity index (χ3n) is 3.43. The van der Waals surface area contributed by atoms with Gasteiger partial charge in [-0.25, -0.2) is 4.98 Å². The quantitative estimate of drug-likeness (QED) is 0.577. The number of imidazole rings is 1. The third-order valence-corrected chi connectivity index (χ3v) is 3.43. The second-order valence-corrected chi connectivity index (χ2v) is 4.92. The molecule has 3 heteroatoms. The molecule has 0 bridgehead atoms. The number of nitrogens with zero attached hydrogens (tertiary/aromatic N) is 2. The summed E-state index contributed by atoms with van der Waals surface area (Å²) in [6, 6.07) is 14.2. The predicted molar refractivity (Wildman–Crippen MR) is 84.5 cm³/mol. The van der Waals surface area contributed by atoms with E-state index in [1.165, 1.54) is 5.56 Å². The van der Waals surface area contributed by atoms with Gasteiger partial charge in [-0.3, -0.25) is 0 Å². The van der Waals surface area contributed by atoms with Crippen LogP contribution in [0.4, 0.5) is 5.69 Å². The Morgan fingerprint density at radius 2 is 1.95 bits per heavy atom. The van der Waals surface area contributed by atoms with Crippen molar-refractivity contribution in [3.8, 4) is 11.4 Å². The van der Waals surface area contributed by atoms with E-state index in [4.69, 9.17) is 10.7 Å². The summed E-state index contributed by atoms with van der Waals surface area (Å²) in [7, 11) is 0. The lowest BCUT2D eigenvalue weighted by Gasteiger charge is -2.06. The van der Waals surface area contributed by atoms with Crippen molar-refractivity contribution in [2.24, 2.45) is 0 Å². The number of fused-ring (bicyclic) bond motifs is 1. The van der Waals surface area contributed by atoms with E-state index in [1.54, 1.807) is 0 Å². The zero-order valence-corrected chi connectivity index (χ0v) is 11.5. The van der Waals surface area contributed by atoms with Crippen molar-refractivity contribution in [2.75, 3.05) is 5.73 Å². The van der Waals surface area contributed by atoms with Crippen LogP contribution < -0.4 is 5.73 Å². The molecular formula is C17H17N3. The second-order valence-electron chi connectivity index (χ2n) is 4.92. The molecule has 0 aliphatic heterocycles. The van der Waals surface area contributed by atoms with Crippen LogP contribution in [-0.4, -0.2) is 9.55 Å². The summed E-state index contributed by atoms with van der Waals surface area (Å²) >= 11 is 0. The van der Waals surface area contributed by atoms with Gasteiger partial charge in [-0.05, 0) is 19.1 Å². The van der Waals surface area contributed by atoms with Gasteiger partial charge >= 0.3 is 0 Å². The highest BCUT2D eigenvalue weighted by Gasteiger charge is 2.13. The molecule has 2 N–H and O–H groups in total. The minimum atomic E-state index is 0.707. The number of hydrogen-bond acceptors (Lipinski definition) is 2. The van der Waals surface area contributed by atoms with Crippen LogP contribution in [0.2, 0.25) is 0 Å². The average molecular weight is 263 g/mol. The first-order chi connectivity index (χ1) is 9.70. The molecule has 0 spiro atoms. The minimum absolute atomic E-state index is 0.707. The predicted octanol–water partition coefficient (Wildman–Crippen LogP) is 3.78. The first-order valence-electron chi connectivity index (χ1n) is 6.63. The Hall–Kier alpha value is -2.55. The van der Waals surface area contributed by atoms with Crippen molar-refractivity contribution in [1.82, 2.24) is 9.55 Å². The molecule has 0 radical (unpaired) electrons. The Morgan fingerprint density at radius 3 is 2.65 bits per heavy atom. The summed E-state index contributed by atoms with van der Waals surface area (Å²) in [5.74, 6) is 0.929. The second kappa shape index (κ2) is 4.85. The van der Waals surface area contributed by atoms with Crippen molar-refractivity contribution >= 4 is 16.7 Å². The highest BCUT2D eigenvalue weighted by atomic mass is 15.1. The number of hydrogen-bond donors (Lipinski definition) is 1. The lowest BCUT2D eigenvalue weighted by atomic mass is 10.1. The van der Waals surface area contributed by atoms with Gasteiger partial charge in [0.2, 0.25) is 0 Å². The Balaban J connectivity index is 2.28. The van der Waals surface area contributed by atoms with Crippen LogP contribution >= 0.6 is 0 Å². The third kappa shape index (κ3) is 1.97. The van der Waals surface area contributed by atoms with Gasteiger partial charge in [-0.2, -0.15) is 0 Å². The van der Waals surface area contributed by atoms with Crippen LogP contribution in [0.25, 0.3) is 22.4 Å². The van der Waals surface area contributed by atoms with Crippen molar-refractivity contribution in [3.63, 3.8) is 0 Å². The van der Waals surface area contributed by atoms with E-state index in [0.29, 0.717) is 12.2 Å². The van der Waals surface area contributed by atoms with E-state index in [0.717, 1.165) is 22.4 Å². The van der Waals surface area contributed by atoms with Crippen molar-refractivity contribution in [3.05, 3.63) is 60.7 Å². The van der Waals surface area contributed by atoms with Crippen LogP contribution in [0.3, 0.4) is 0 Å². The lowest BCUT2D eigenvalue weighted by Crippen LogP contribution is -1.98. The number of anilines is 1. The highest BCUT2D eigenvalue weighted by Crippen LogP contribution is 2.28. The Kier molecular flexibility index (Phi) is 3.03. The fourth-order valence-corrected chi connectivity index (χ4v) is 2.41. The van der Waals surface area contributed by atoms with Crippen LogP contribution in [0.1, 0.15) is 5.56 Å². The molecule has 0 aliphatic carbocycles. The Morgan fingerprint density at radius 1 is 1.20 bits per heavy atom. The van der Waals surface area contributed by atoms with Crippen molar-refractivity contribution in [2.45, 2.75) is 13.5 Å². The molecule has 1 aromatic heterocycles. The number of nitrogen functional groups attached to an aromatic ring is 1. The Labute approximate surface area is 118 Å². The van der Waals surface area contributed by atoms with E-state index >= 15 is 0 Å². The molecule has 100 valence electrons. The number of allylic oxidation sites excluding steroid dienone is 1. The van der Waals surface area contributed by atoms with E-state index in [9.17, 15) is 0 Å². The van der Waals surface area contributed by atoms with Gasteiger partial charge in [0, 0.05) is 12.1 Å². The number of benzene rings is 2. The summed E-state index contributed by atoms with van der Waals surface area (Å²) in [6.45, 7) is 6.62. The SMILES string of the molecule is C=CCn1c(-c2ccc(C)cc2)nc2c(N)cccc21. The van der Waals surface area contributed by atoms with Crippen LogP contribution in [0.5, 0.6) is 0 Å². The van der Waals surface area contributed by atoms with E-state index in [-0.39, 0.29) is 0 Å². The van der Waals surface area contributed by atoms with Gasteiger partial charge in [-0.1, -0.05) is 42.0 Å². The molecule has 20 heavy (non-hydrogen) atoms. The molecule has 0 unspecified atom stereocenters. The molecule has 1 heterocycles. The average Bonchev–Trinajstić information content (AvgIpc) is 2.81. The molecule has 3 rings (SSSR count). The summed E-state index contributed by atoms with van der Waals surface area (Å²) in [5, 5.41) is 0. The number of aryl methyl sites for hydroxylation is 1. The maximum atomic E-state index is 6.04. The first kappa shape index (κ1) is 12.5. The molecule has 2 aromatic carbocycles. The van der Waals surface area contributed by atoms with E-state index < -0.39 is 0 Å². The van der Waals surface area contributed by atoms with Crippen LogP contribution in [-0.2, 0) is 6.54 Å². The van der Waals surface area contributed by atoms with Crippen LogP contribution in [0.15, 0.2) is 55.1 Å². The monoisotopic (exact) mass is 263 g/mol. The molecule has 0 saturated heterocycles. The molecular weight excluding hydrogens is 246 g/mol. The van der Waals surface area contributed by atoms with Crippen LogP contribution in [0, 0.1) is 6.92 Å². The highest BCUT2D eigenvalue weighted by molar-refractivity contribution is 5.90. The van der Waals surface area contributed by atoms with Gasteiger partial charge in [0.15, 0.2) is 0 Å². The Bertz CT molecular complexity index is 767. The standard InChI is InChI=1S/C17H17N3/c1-3-11-20-15-6-4-5-14(18)16(15)19-17(20)13-9-7-12(2)8-10-13/h3-10H,1,11,18H2,2H3. The number of aromatic nitrogens is 2. The first-order valence-corrected chi connectivity index (χ1v) is 6.63. The van der Waals surface area contributed by atoms with Gasteiger partial charge < -0.3 is 10.3 Å². The molecule has 0 atom stereocenters. The summed E-state index contributed by atoms with van der Waals surface area (Å²) in [4.78, 5) is 4.72. The van der Waals surface area contributed by atoms with Gasteiger partial charge in [0.1, 0.15) is 11.3 Å². The molecule has 3 aromatic rings.